The van der Waals surface area contributed by atoms with Gasteiger partial charge in [0.05, 0.1) is 16.4 Å². The Labute approximate surface area is 160 Å². The highest BCUT2D eigenvalue weighted by Crippen LogP contribution is 2.25. The van der Waals surface area contributed by atoms with Gasteiger partial charge in [0.25, 0.3) is 5.91 Å². The van der Waals surface area contributed by atoms with Crippen LogP contribution in [-0.4, -0.2) is 29.1 Å². The maximum absolute atomic E-state index is 12.2. The van der Waals surface area contributed by atoms with E-state index in [-0.39, 0.29) is 11.8 Å². The van der Waals surface area contributed by atoms with Crippen LogP contribution < -0.4 is 16.1 Å². The molecule has 2 amide bonds. The van der Waals surface area contributed by atoms with Gasteiger partial charge in [0.15, 0.2) is 5.13 Å². The Balaban J connectivity index is 1.53. The maximum atomic E-state index is 12.2. The topological polar surface area (TPSA) is 95.5 Å². The molecule has 7 nitrogen and oxygen atoms in total. The van der Waals surface area contributed by atoms with E-state index in [1.54, 1.807) is 37.4 Å². The Hall–Kier alpha value is -3.26. The first-order valence-electron chi connectivity index (χ1n) is 8.34. The van der Waals surface area contributed by atoms with Crippen molar-refractivity contribution in [1.82, 2.24) is 10.4 Å². The molecule has 0 aliphatic rings. The first-order chi connectivity index (χ1) is 13.0. The molecule has 0 bridgehead atoms. The van der Waals surface area contributed by atoms with Gasteiger partial charge in [0.2, 0.25) is 5.91 Å². The van der Waals surface area contributed by atoms with Crippen LogP contribution in [0.5, 0.6) is 0 Å². The van der Waals surface area contributed by atoms with Crippen LogP contribution in [0.2, 0.25) is 0 Å². The van der Waals surface area contributed by atoms with Crippen molar-refractivity contribution < 1.29 is 9.59 Å². The van der Waals surface area contributed by atoms with Gasteiger partial charge in [0.1, 0.15) is 6.04 Å². The molecular weight excluding hydrogens is 362 g/mol. The summed E-state index contributed by atoms with van der Waals surface area (Å²) in [5, 5.41) is 10.4. The molecular formula is C19H19N5O2S. The molecule has 0 aliphatic carbocycles. The Morgan fingerprint density at radius 2 is 1.89 bits per heavy atom. The van der Waals surface area contributed by atoms with E-state index in [2.05, 4.69) is 26.1 Å². The maximum Gasteiger partial charge on any atom is 0.262 e. The number of hydrogen-bond acceptors (Lipinski definition) is 6. The van der Waals surface area contributed by atoms with Gasteiger partial charge in [-0.05, 0) is 36.8 Å². The summed E-state index contributed by atoms with van der Waals surface area (Å²) in [6, 6.07) is 14.5. The van der Waals surface area contributed by atoms with E-state index in [1.165, 1.54) is 18.3 Å². The molecule has 0 unspecified atom stereocenters. The minimum Gasteiger partial charge on any atom is -0.350 e. The van der Waals surface area contributed by atoms with Crippen molar-refractivity contribution in [3.63, 3.8) is 0 Å². The van der Waals surface area contributed by atoms with Crippen molar-refractivity contribution in [3.8, 4) is 0 Å². The molecule has 0 saturated heterocycles. The van der Waals surface area contributed by atoms with Crippen LogP contribution in [-0.2, 0) is 9.59 Å². The predicted octanol–water partition coefficient (Wildman–Crippen LogP) is 3.21. The third-order valence-electron chi connectivity index (χ3n) is 3.65. The number of nitrogens with zero attached hydrogens (tertiary/aromatic N) is 2. The number of para-hydroxylation sites is 1. The number of rotatable bonds is 6. The quantitative estimate of drug-likeness (QED) is 0.451. The predicted molar refractivity (Wildman–Crippen MR) is 109 cm³/mol. The largest absolute Gasteiger partial charge is 0.350 e. The Morgan fingerprint density at radius 1 is 1.15 bits per heavy atom. The number of hydrazone groups is 1. The highest BCUT2D eigenvalue weighted by Gasteiger charge is 2.14. The van der Waals surface area contributed by atoms with E-state index >= 15 is 0 Å². The number of aromatic nitrogens is 1. The van der Waals surface area contributed by atoms with Gasteiger partial charge in [-0.2, -0.15) is 5.10 Å². The zero-order valence-corrected chi connectivity index (χ0v) is 15.7. The fourth-order valence-electron chi connectivity index (χ4n) is 2.31. The second kappa shape index (κ2) is 8.41. The number of nitrogens with one attached hydrogen (secondary N) is 3. The van der Waals surface area contributed by atoms with Crippen molar-refractivity contribution >= 4 is 50.4 Å². The fourth-order valence-corrected chi connectivity index (χ4v) is 3.26. The van der Waals surface area contributed by atoms with Crippen LogP contribution in [0.4, 0.5) is 10.8 Å². The van der Waals surface area contributed by atoms with Crippen LogP contribution in [0.3, 0.4) is 0 Å². The van der Waals surface area contributed by atoms with Gasteiger partial charge in [0, 0.05) is 12.6 Å². The third-order valence-corrected chi connectivity index (χ3v) is 4.61. The average molecular weight is 381 g/mol. The second-order valence-electron chi connectivity index (χ2n) is 5.89. The molecule has 3 N–H and O–H groups in total. The van der Waals surface area contributed by atoms with Crippen molar-refractivity contribution in [2.24, 2.45) is 5.10 Å². The van der Waals surface area contributed by atoms with Crippen molar-refractivity contribution in [1.29, 1.82) is 0 Å². The van der Waals surface area contributed by atoms with E-state index in [0.29, 0.717) is 10.8 Å². The molecule has 3 rings (SSSR count). The van der Waals surface area contributed by atoms with Gasteiger partial charge in [-0.1, -0.05) is 35.6 Å². The minimum atomic E-state index is -0.482. The summed E-state index contributed by atoms with van der Waals surface area (Å²) in [4.78, 5) is 27.6. The number of carbonyl (C=O) groups excluding carboxylic acids is 2. The van der Waals surface area contributed by atoms with Crippen LogP contribution in [0.1, 0.15) is 19.4 Å². The van der Waals surface area contributed by atoms with Gasteiger partial charge in [-0.3, -0.25) is 9.59 Å². The average Bonchev–Trinajstić information content (AvgIpc) is 3.04. The lowest BCUT2D eigenvalue weighted by molar-refractivity contribution is -0.121. The van der Waals surface area contributed by atoms with Crippen molar-refractivity contribution in [3.05, 3.63) is 54.1 Å². The molecule has 3 aromatic rings. The van der Waals surface area contributed by atoms with Crippen LogP contribution in [0.15, 0.2) is 53.6 Å². The summed E-state index contributed by atoms with van der Waals surface area (Å²) in [5.41, 5.74) is 4.92. The second-order valence-corrected chi connectivity index (χ2v) is 6.92. The zero-order valence-electron chi connectivity index (χ0n) is 14.9. The molecule has 1 heterocycles. The lowest BCUT2D eigenvalue weighted by atomic mass is 10.2. The molecule has 0 aliphatic heterocycles. The number of anilines is 2. The van der Waals surface area contributed by atoms with Crippen LogP contribution in [0, 0.1) is 0 Å². The summed E-state index contributed by atoms with van der Waals surface area (Å²) in [5.74, 6) is -0.390. The SMILES string of the molecule is CC(=O)Nc1ccc(/C=N\NC(=O)[C@@H](C)Nc2nc3ccccc3s2)cc1. The van der Waals surface area contributed by atoms with Crippen molar-refractivity contribution in [2.45, 2.75) is 19.9 Å². The number of benzene rings is 2. The summed E-state index contributed by atoms with van der Waals surface area (Å²) in [7, 11) is 0. The molecule has 1 atom stereocenters. The molecule has 0 radical (unpaired) electrons. The zero-order chi connectivity index (χ0) is 19.2. The standard InChI is InChI=1S/C19H19N5O2S/c1-12(21-19-23-16-5-3-4-6-17(16)27-19)18(26)24-20-11-14-7-9-15(10-8-14)22-13(2)25/h3-12H,1-2H3,(H,21,23)(H,22,25)(H,24,26)/b20-11-/t12-/m1/s1. The molecule has 27 heavy (non-hydrogen) atoms. The lowest BCUT2D eigenvalue weighted by Gasteiger charge is -2.10. The first-order valence-corrected chi connectivity index (χ1v) is 9.15. The van der Waals surface area contributed by atoms with Crippen LogP contribution in [0.25, 0.3) is 10.2 Å². The molecule has 0 spiro atoms. The van der Waals surface area contributed by atoms with Crippen LogP contribution >= 0.6 is 11.3 Å². The molecule has 138 valence electrons. The highest BCUT2D eigenvalue weighted by atomic mass is 32.1. The number of fused-ring (bicyclic) bond motifs is 1. The Bertz CT molecular complexity index is 948. The summed E-state index contributed by atoms with van der Waals surface area (Å²) in [6.07, 6.45) is 1.54. The molecule has 8 heteroatoms. The minimum absolute atomic E-state index is 0.127. The number of hydrogen-bond donors (Lipinski definition) is 3. The Morgan fingerprint density at radius 3 is 2.59 bits per heavy atom. The smallest absolute Gasteiger partial charge is 0.262 e. The number of carbonyl (C=O) groups is 2. The molecule has 2 aromatic carbocycles. The normalized spacial score (nSPS) is 12.1. The van der Waals surface area contributed by atoms with Crippen molar-refractivity contribution in [2.75, 3.05) is 10.6 Å². The Kier molecular flexibility index (Phi) is 5.77. The summed E-state index contributed by atoms with van der Waals surface area (Å²) < 4.78 is 1.06. The van der Waals surface area contributed by atoms with E-state index in [1.807, 2.05) is 24.3 Å². The summed E-state index contributed by atoms with van der Waals surface area (Å²) in [6.45, 7) is 3.20. The highest BCUT2D eigenvalue weighted by molar-refractivity contribution is 7.22. The monoisotopic (exact) mass is 381 g/mol. The molecule has 0 saturated carbocycles. The van der Waals surface area contributed by atoms with Gasteiger partial charge in [-0.15, -0.1) is 0 Å². The van der Waals surface area contributed by atoms with Gasteiger partial charge < -0.3 is 10.6 Å². The van der Waals surface area contributed by atoms with Gasteiger partial charge in [-0.25, -0.2) is 10.4 Å². The fraction of sp³-hybridized carbons (Fsp3) is 0.158. The van der Waals surface area contributed by atoms with E-state index in [9.17, 15) is 9.59 Å². The summed E-state index contributed by atoms with van der Waals surface area (Å²) >= 11 is 1.50. The van der Waals surface area contributed by atoms with E-state index in [0.717, 1.165) is 15.8 Å². The molecule has 1 aromatic heterocycles. The lowest BCUT2D eigenvalue weighted by Crippen LogP contribution is -2.34. The van der Waals surface area contributed by atoms with Gasteiger partial charge >= 0.3 is 0 Å². The first kappa shape index (κ1) is 18.5. The number of thiazole rings is 1. The number of amides is 2. The molecule has 0 fully saturated rings. The van der Waals surface area contributed by atoms with E-state index < -0.39 is 6.04 Å². The third kappa shape index (κ3) is 5.11. The van der Waals surface area contributed by atoms with E-state index in [4.69, 9.17) is 0 Å².